The Morgan fingerprint density at radius 3 is 2.59 bits per heavy atom. The Bertz CT molecular complexity index is 720. The summed E-state index contributed by atoms with van der Waals surface area (Å²) < 4.78 is 1.28. The fraction of sp³-hybridized carbons (Fsp3) is 0.353. The number of aromatic nitrogens is 2. The van der Waals surface area contributed by atoms with Gasteiger partial charge in [0.25, 0.3) is 5.56 Å². The molecule has 0 N–H and O–H groups in total. The van der Waals surface area contributed by atoms with Gasteiger partial charge in [-0.1, -0.05) is 18.2 Å². The highest BCUT2D eigenvalue weighted by atomic mass is 16.2. The van der Waals surface area contributed by atoms with E-state index >= 15 is 0 Å². The lowest BCUT2D eigenvalue weighted by molar-refractivity contribution is -0.119. The number of likely N-dealkylation sites (N-methyl/N-ethyl adjacent to an activating group) is 1. The van der Waals surface area contributed by atoms with E-state index in [0.29, 0.717) is 12.5 Å². The maximum absolute atomic E-state index is 12.5. The zero-order valence-corrected chi connectivity index (χ0v) is 12.6. The van der Waals surface area contributed by atoms with Crippen LogP contribution in [0, 0.1) is 0 Å². The Morgan fingerprint density at radius 1 is 1.23 bits per heavy atom. The summed E-state index contributed by atoms with van der Waals surface area (Å²) in [4.78, 5) is 26.1. The first kappa shape index (κ1) is 14.5. The van der Waals surface area contributed by atoms with Crippen molar-refractivity contribution in [3.63, 3.8) is 0 Å². The minimum atomic E-state index is -0.234. The summed E-state index contributed by atoms with van der Waals surface area (Å²) in [6, 6.07) is 12.7. The molecule has 1 aromatic heterocycles. The first-order valence-electron chi connectivity index (χ1n) is 7.62. The lowest BCUT2D eigenvalue weighted by Gasteiger charge is -2.21. The Morgan fingerprint density at radius 2 is 1.95 bits per heavy atom. The molecule has 1 saturated carbocycles. The second kappa shape index (κ2) is 6.13. The van der Waals surface area contributed by atoms with Crippen molar-refractivity contribution in [2.24, 2.45) is 0 Å². The van der Waals surface area contributed by atoms with Crippen molar-refractivity contribution in [1.29, 1.82) is 0 Å². The van der Waals surface area contributed by atoms with Gasteiger partial charge >= 0.3 is 0 Å². The number of hydrogen-bond acceptors (Lipinski definition) is 3. The van der Waals surface area contributed by atoms with Gasteiger partial charge in [-0.15, -0.1) is 0 Å². The molecule has 1 aliphatic carbocycles. The van der Waals surface area contributed by atoms with Crippen LogP contribution in [0.15, 0.2) is 47.3 Å². The molecule has 5 nitrogen and oxygen atoms in total. The standard InChI is InChI=1S/C17H19N3O2/c1-2-19(14-6-4-3-5-7-14)17(22)12-20-16(21)11-10-15(18-20)13-8-9-13/h3-7,10-11,13H,2,8-9,12H2,1H3. The monoisotopic (exact) mass is 297 g/mol. The molecule has 0 spiro atoms. The van der Waals surface area contributed by atoms with E-state index in [1.54, 1.807) is 11.0 Å². The predicted octanol–water partition coefficient (Wildman–Crippen LogP) is 2.17. The highest BCUT2D eigenvalue weighted by Gasteiger charge is 2.26. The molecule has 1 amide bonds. The van der Waals surface area contributed by atoms with Gasteiger partial charge in [-0.25, -0.2) is 4.68 Å². The number of carbonyl (C=O) groups excluding carboxylic acids is 1. The maximum atomic E-state index is 12.5. The predicted molar refractivity (Wildman–Crippen MR) is 84.9 cm³/mol. The van der Waals surface area contributed by atoms with E-state index in [0.717, 1.165) is 24.2 Å². The molecule has 0 aliphatic heterocycles. The summed E-state index contributed by atoms with van der Waals surface area (Å²) in [5.74, 6) is 0.328. The number of benzene rings is 1. The van der Waals surface area contributed by atoms with E-state index in [4.69, 9.17) is 0 Å². The largest absolute Gasteiger partial charge is 0.311 e. The summed E-state index contributed by atoms with van der Waals surface area (Å²) >= 11 is 0. The van der Waals surface area contributed by atoms with Gasteiger partial charge in [-0.2, -0.15) is 5.10 Å². The van der Waals surface area contributed by atoms with Crippen molar-refractivity contribution >= 4 is 11.6 Å². The summed E-state index contributed by atoms with van der Waals surface area (Å²) in [5, 5.41) is 4.34. The number of carbonyl (C=O) groups is 1. The van der Waals surface area contributed by atoms with E-state index < -0.39 is 0 Å². The van der Waals surface area contributed by atoms with Gasteiger partial charge in [0.05, 0.1) is 5.69 Å². The van der Waals surface area contributed by atoms with Crippen LogP contribution < -0.4 is 10.5 Å². The summed E-state index contributed by atoms with van der Waals surface area (Å²) in [5.41, 5.74) is 1.51. The zero-order chi connectivity index (χ0) is 15.5. The average molecular weight is 297 g/mol. The van der Waals surface area contributed by atoms with Gasteiger partial charge in [0.15, 0.2) is 0 Å². The number of nitrogens with zero attached hydrogens (tertiary/aromatic N) is 3. The average Bonchev–Trinajstić information content (AvgIpc) is 3.36. The lowest BCUT2D eigenvalue weighted by atomic mass is 10.2. The topological polar surface area (TPSA) is 55.2 Å². The molecular weight excluding hydrogens is 278 g/mol. The smallest absolute Gasteiger partial charge is 0.267 e. The molecule has 3 rings (SSSR count). The second-order valence-electron chi connectivity index (χ2n) is 5.50. The van der Waals surface area contributed by atoms with Crippen LogP contribution in [0.25, 0.3) is 0 Å². The third-order valence-corrected chi connectivity index (χ3v) is 3.85. The molecule has 0 bridgehead atoms. The fourth-order valence-corrected chi connectivity index (χ4v) is 2.50. The van der Waals surface area contributed by atoms with Gasteiger partial charge in [0, 0.05) is 24.2 Å². The number of anilines is 1. The molecule has 0 radical (unpaired) electrons. The molecular formula is C17H19N3O2. The van der Waals surface area contributed by atoms with Gasteiger partial charge in [0.2, 0.25) is 5.91 Å². The minimum absolute atomic E-state index is 0.0257. The van der Waals surface area contributed by atoms with Crippen molar-refractivity contribution < 1.29 is 4.79 Å². The van der Waals surface area contributed by atoms with E-state index in [-0.39, 0.29) is 18.0 Å². The van der Waals surface area contributed by atoms with E-state index in [1.165, 1.54) is 10.7 Å². The zero-order valence-electron chi connectivity index (χ0n) is 12.6. The highest BCUT2D eigenvalue weighted by molar-refractivity contribution is 5.93. The van der Waals surface area contributed by atoms with E-state index in [2.05, 4.69) is 5.10 Å². The lowest BCUT2D eigenvalue weighted by Crippen LogP contribution is -2.37. The van der Waals surface area contributed by atoms with Crippen LogP contribution in [0.4, 0.5) is 5.69 Å². The van der Waals surface area contributed by atoms with Crippen molar-refractivity contribution in [2.75, 3.05) is 11.4 Å². The highest BCUT2D eigenvalue weighted by Crippen LogP contribution is 2.38. The molecule has 5 heteroatoms. The molecule has 1 aromatic carbocycles. The van der Waals surface area contributed by atoms with Gasteiger partial charge < -0.3 is 4.90 Å². The number of amides is 1. The molecule has 1 fully saturated rings. The Kier molecular flexibility index (Phi) is 4.04. The summed E-state index contributed by atoms with van der Waals surface area (Å²) in [7, 11) is 0. The van der Waals surface area contributed by atoms with Gasteiger partial charge in [0.1, 0.15) is 6.54 Å². The van der Waals surface area contributed by atoms with E-state index in [9.17, 15) is 9.59 Å². The van der Waals surface area contributed by atoms with Crippen LogP contribution in [0.2, 0.25) is 0 Å². The third-order valence-electron chi connectivity index (χ3n) is 3.85. The molecule has 114 valence electrons. The Labute approximate surface area is 129 Å². The Balaban J connectivity index is 1.81. The summed E-state index contributed by atoms with van der Waals surface area (Å²) in [6.07, 6.45) is 2.23. The van der Waals surface area contributed by atoms with Gasteiger partial charge in [-0.3, -0.25) is 9.59 Å². The Hall–Kier alpha value is -2.43. The number of rotatable bonds is 5. The summed E-state index contributed by atoms with van der Waals surface area (Å²) in [6.45, 7) is 2.45. The van der Waals surface area contributed by atoms with Crippen LogP contribution in [0.3, 0.4) is 0 Å². The SMILES string of the molecule is CCN(C(=O)Cn1nc(C2CC2)ccc1=O)c1ccccc1. The van der Waals surface area contributed by atoms with Crippen molar-refractivity contribution in [2.45, 2.75) is 32.2 Å². The molecule has 1 aliphatic rings. The van der Waals surface area contributed by atoms with Crippen LogP contribution in [-0.4, -0.2) is 22.2 Å². The molecule has 0 atom stereocenters. The number of hydrogen-bond donors (Lipinski definition) is 0. The molecule has 2 aromatic rings. The first-order valence-corrected chi connectivity index (χ1v) is 7.62. The first-order chi connectivity index (χ1) is 10.7. The molecule has 0 saturated heterocycles. The molecule has 22 heavy (non-hydrogen) atoms. The third kappa shape index (κ3) is 3.08. The van der Waals surface area contributed by atoms with Gasteiger partial charge in [-0.05, 0) is 38.0 Å². The molecule has 1 heterocycles. The quantitative estimate of drug-likeness (QED) is 0.850. The van der Waals surface area contributed by atoms with Crippen LogP contribution in [-0.2, 0) is 11.3 Å². The number of para-hydroxylation sites is 1. The van der Waals surface area contributed by atoms with Crippen molar-refractivity contribution in [1.82, 2.24) is 9.78 Å². The molecule has 0 unspecified atom stereocenters. The fourth-order valence-electron chi connectivity index (χ4n) is 2.50. The van der Waals surface area contributed by atoms with Crippen LogP contribution in [0.5, 0.6) is 0 Å². The van der Waals surface area contributed by atoms with Crippen molar-refractivity contribution in [3.05, 3.63) is 58.5 Å². The maximum Gasteiger partial charge on any atom is 0.267 e. The van der Waals surface area contributed by atoms with Crippen LogP contribution >= 0.6 is 0 Å². The van der Waals surface area contributed by atoms with Crippen LogP contribution in [0.1, 0.15) is 31.4 Å². The van der Waals surface area contributed by atoms with E-state index in [1.807, 2.05) is 37.3 Å². The minimum Gasteiger partial charge on any atom is -0.311 e. The normalized spacial score (nSPS) is 13.9. The van der Waals surface area contributed by atoms with Crippen molar-refractivity contribution in [3.8, 4) is 0 Å². The second-order valence-corrected chi connectivity index (χ2v) is 5.50.